The molecule has 3 aliphatic rings. The first-order valence-corrected chi connectivity index (χ1v) is 11.6. The molecule has 0 saturated heterocycles. The van der Waals surface area contributed by atoms with E-state index in [9.17, 15) is 13.2 Å². The fraction of sp³-hybridized carbons (Fsp3) is 0.500. The van der Waals surface area contributed by atoms with Crippen molar-refractivity contribution in [3.8, 4) is 5.88 Å². The number of rotatable bonds is 4. The number of anilines is 1. The number of aryl methyl sites for hydroxylation is 2. The van der Waals surface area contributed by atoms with Crippen molar-refractivity contribution in [2.75, 3.05) is 19.0 Å². The normalized spacial score (nSPS) is 18.9. The van der Waals surface area contributed by atoms with Gasteiger partial charge in [-0.2, -0.15) is 5.10 Å². The van der Waals surface area contributed by atoms with Gasteiger partial charge in [-0.15, -0.1) is 0 Å². The Bertz CT molecular complexity index is 1100. The molecule has 0 saturated carbocycles. The number of carbonyl (C=O) groups excluding carboxylic acids is 1. The van der Waals surface area contributed by atoms with Crippen LogP contribution in [0.2, 0.25) is 0 Å². The summed E-state index contributed by atoms with van der Waals surface area (Å²) in [5, 5.41) is 6.83. The molecule has 2 heterocycles. The largest absolute Gasteiger partial charge is 1.00 e. The fourth-order valence-electron chi connectivity index (χ4n) is 4.62. The van der Waals surface area contributed by atoms with Gasteiger partial charge in [-0.05, 0) is 66.5 Å². The molecule has 0 unspecified atom stereocenters. The number of carbonyl (C=O) groups is 1. The van der Waals surface area contributed by atoms with E-state index in [0.29, 0.717) is 6.54 Å². The second-order valence-corrected chi connectivity index (χ2v) is 9.47. The van der Waals surface area contributed by atoms with Crippen LogP contribution in [0.5, 0.6) is 5.88 Å². The number of urea groups is 1. The van der Waals surface area contributed by atoms with Crippen molar-refractivity contribution in [1.82, 2.24) is 9.78 Å². The van der Waals surface area contributed by atoms with E-state index in [1.54, 1.807) is 7.11 Å². The smallest absolute Gasteiger partial charge is 0.474 e. The van der Waals surface area contributed by atoms with Gasteiger partial charge < -0.3 is 19.5 Å². The van der Waals surface area contributed by atoms with Gasteiger partial charge in [-0.3, -0.25) is 4.79 Å². The van der Waals surface area contributed by atoms with Crippen LogP contribution < -0.4 is 39.6 Å². The summed E-state index contributed by atoms with van der Waals surface area (Å²) >= 11 is 0. The minimum absolute atomic E-state index is 0. The van der Waals surface area contributed by atoms with Crippen LogP contribution in [0.3, 0.4) is 0 Å². The number of nitrogens with one attached hydrogen (secondary N) is 1. The SMILES string of the molecule is CO[C@@H]1COc2c(S(=O)(=O)[N-]C(=O)Nc3c4c(cc5c3CCC5)CCC4)cnn2C1.[Na+]. The molecule has 1 atom stereocenters. The van der Waals surface area contributed by atoms with E-state index in [4.69, 9.17) is 9.47 Å². The maximum atomic E-state index is 12.8. The Balaban J connectivity index is 0.00000231. The zero-order valence-electron chi connectivity index (χ0n) is 17.7. The molecule has 160 valence electrons. The molecule has 11 heteroatoms. The Kier molecular flexibility index (Phi) is 6.37. The molecular weight excluding hydrogens is 431 g/mol. The summed E-state index contributed by atoms with van der Waals surface area (Å²) in [7, 11) is -2.71. The number of fused-ring (bicyclic) bond motifs is 3. The molecule has 0 radical (unpaired) electrons. The molecule has 1 aliphatic heterocycles. The van der Waals surface area contributed by atoms with Gasteiger partial charge in [0.2, 0.25) is 15.9 Å². The molecular formula is C20H23N4NaO5S. The molecule has 1 aromatic carbocycles. The number of methoxy groups -OCH3 is 1. The van der Waals surface area contributed by atoms with Gasteiger partial charge in [-0.1, -0.05) is 6.07 Å². The van der Waals surface area contributed by atoms with Crippen molar-refractivity contribution in [2.24, 2.45) is 0 Å². The van der Waals surface area contributed by atoms with Gasteiger partial charge in [0.25, 0.3) is 0 Å². The Labute approximate surface area is 203 Å². The van der Waals surface area contributed by atoms with E-state index >= 15 is 0 Å². The van der Waals surface area contributed by atoms with E-state index in [0.717, 1.165) is 61.5 Å². The number of hydrogen-bond acceptors (Lipinski definition) is 6. The van der Waals surface area contributed by atoms with Crippen molar-refractivity contribution in [2.45, 2.75) is 56.1 Å². The van der Waals surface area contributed by atoms with E-state index in [2.05, 4.69) is 21.2 Å². The average Bonchev–Trinajstić information content (AvgIpc) is 3.45. The Morgan fingerprint density at radius 1 is 1.23 bits per heavy atom. The standard InChI is InChI=1S/C20H24N4O5S.Na/c1-28-14-10-24-19(29-11-14)17(9-21-24)30(26,27)23-20(25)22-18-15-6-2-4-12(15)8-13-5-3-7-16(13)18;/h8-9,14H,2-7,10-11H2,1H3,(H2,22,23,25);/q;+1/p-1/t14-;/m0./s1. The average molecular weight is 454 g/mol. The predicted molar refractivity (Wildman–Crippen MR) is 109 cm³/mol. The van der Waals surface area contributed by atoms with Gasteiger partial charge >= 0.3 is 29.6 Å². The van der Waals surface area contributed by atoms with Crippen LogP contribution in [-0.4, -0.2) is 44.1 Å². The zero-order chi connectivity index (χ0) is 20.9. The van der Waals surface area contributed by atoms with Crippen molar-refractivity contribution in [3.63, 3.8) is 0 Å². The van der Waals surface area contributed by atoms with Gasteiger partial charge in [0.1, 0.15) is 12.7 Å². The molecule has 1 N–H and O–H groups in total. The van der Waals surface area contributed by atoms with Crippen LogP contribution in [-0.2, 0) is 47.0 Å². The van der Waals surface area contributed by atoms with Gasteiger partial charge in [-0.25, -0.2) is 13.1 Å². The minimum atomic E-state index is -4.27. The Morgan fingerprint density at radius 2 is 1.90 bits per heavy atom. The molecule has 1 aromatic heterocycles. The maximum Gasteiger partial charge on any atom is 1.00 e. The first-order chi connectivity index (χ1) is 14.5. The second kappa shape index (κ2) is 8.74. The molecule has 0 fully saturated rings. The number of ether oxygens (including phenoxy) is 2. The van der Waals surface area contributed by atoms with Crippen LogP contribution >= 0.6 is 0 Å². The number of benzene rings is 1. The second-order valence-electron chi connectivity index (χ2n) is 7.90. The summed E-state index contributed by atoms with van der Waals surface area (Å²) in [6, 6.07) is 1.35. The van der Waals surface area contributed by atoms with Gasteiger partial charge in [0.15, 0.2) is 10.9 Å². The van der Waals surface area contributed by atoms with Crippen molar-refractivity contribution < 1.29 is 52.2 Å². The summed E-state index contributed by atoms with van der Waals surface area (Å²) in [6.07, 6.45) is 6.78. The summed E-state index contributed by atoms with van der Waals surface area (Å²) in [5.74, 6) is 0.0846. The quantitative estimate of drug-likeness (QED) is 0.627. The van der Waals surface area contributed by atoms with Crippen molar-refractivity contribution in [3.05, 3.63) is 39.2 Å². The van der Waals surface area contributed by atoms with Crippen LogP contribution in [0.4, 0.5) is 10.5 Å². The zero-order valence-corrected chi connectivity index (χ0v) is 20.5. The summed E-state index contributed by atoms with van der Waals surface area (Å²) in [4.78, 5) is 12.4. The monoisotopic (exact) mass is 454 g/mol. The maximum absolute atomic E-state index is 12.8. The van der Waals surface area contributed by atoms with E-state index < -0.39 is 16.1 Å². The van der Waals surface area contributed by atoms with E-state index in [1.807, 2.05) is 0 Å². The van der Waals surface area contributed by atoms with E-state index in [-0.39, 0.29) is 53.0 Å². The van der Waals surface area contributed by atoms with Crippen LogP contribution in [0.25, 0.3) is 4.72 Å². The third-order valence-corrected chi connectivity index (χ3v) is 7.30. The van der Waals surface area contributed by atoms with Crippen LogP contribution in [0.15, 0.2) is 17.2 Å². The summed E-state index contributed by atoms with van der Waals surface area (Å²) in [5.41, 5.74) is 5.50. The van der Waals surface area contributed by atoms with Crippen LogP contribution in [0.1, 0.15) is 35.1 Å². The van der Waals surface area contributed by atoms with E-state index in [1.165, 1.54) is 15.8 Å². The first kappa shape index (κ1) is 22.6. The van der Waals surface area contributed by atoms with Crippen molar-refractivity contribution in [1.29, 1.82) is 0 Å². The van der Waals surface area contributed by atoms with Gasteiger partial charge in [0, 0.05) is 7.11 Å². The predicted octanol–water partition coefficient (Wildman–Crippen LogP) is -0.434. The number of sulfonamides is 1. The first-order valence-electron chi connectivity index (χ1n) is 10.1. The third kappa shape index (κ3) is 4.11. The summed E-state index contributed by atoms with van der Waals surface area (Å²) in [6.45, 7) is 0.578. The van der Waals surface area contributed by atoms with Gasteiger partial charge in [0.05, 0.1) is 12.7 Å². The number of nitrogens with zero attached hydrogens (tertiary/aromatic N) is 3. The third-order valence-electron chi connectivity index (χ3n) is 6.06. The molecule has 0 spiro atoms. The molecule has 5 rings (SSSR count). The molecule has 31 heavy (non-hydrogen) atoms. The molecule has 0 bridgehead atoms. The number of aromatic nitrogens is 2. The fourth-order valence-corrected chi connectivity index (χ4v) is 5.55. The Hall–Kier alpha value is -1.59. The molecule has 2 aliphatic carbocycles. The minimum Gasteiger partial charge on any atom is -0.474 e. The van der Waals surface area contributed by atoms with Crippen molar-refractivity contribution >= 4 is 21.7 Å². The molecule has 9 nitrogen and oxygen atoms in total. The molecule has 2 amide bonds. The number of amides is 2. The summed E-state index contributed by atoms with van der Waals surface area (Å²) < 4.78 is 41.2. The van der Waals surface area contributed by atoms with Crippen LogP contribution in [0, 0.1) is 0 Å². The number of hydrogen-bond donors (Lipinski definition) is 1. The molecule has 2 aromatic rings. The topological polar surface area (TPSA) is 114 Å². The Morgan fingerprint density at radius 3 is 2.55 bits per heavy atom.